The fourth-order valence-electron chi connectivity index (χ4n) is 2.93. The van der Waals surface area contributed by atoms with Crippen molar-refractivity contribution >= 4 is 39.0 Å². The van der Waals surface area contributed by atoms with Gasteiger partial charge in [0.15, 0.2) is 5.69 Å². The summed E-state index contributed by atoms with van der Waals surface area (Å²) in [6.07, 6.45) is 0.250. The van der Waals surface area contributed by atoms with Crippen LogP contribution in [0, 0.1) is 11.2 Å². The molecule has 0 radical (unpaired) electrons. The van der Waals surface area contributed by atoms with Crippen LogP contribution in [0.25, 0.3) is 16.5 Å². The zero-order valence-electron chi connectivity index (χ0n) is 17.1. The summed E-state index contributed by atoms with van der Waals surface area (Å²) in [5.41, 5.74) is -0.735. The maximum absolute atomic E-state index is 13.7. The van der Waals surface area contributed by atoms with Crippen LogP contribution in [0.1, 0.15) is 44.6 Å². The molecule has 0 bridgehead atoms. The Labute approximate surface area is 176 Å². The molecule has 0 atom stereocenters. The molecule has 2 aromatic heterocycles. The third-order valence-electron chi connectivity index (χ3n) is 4.12. The van der Waals surface area contributed by atoms with Crippen LogP contribution in [0.5, 0.6) is 0 Å². The Morgan fingerprint density at radius 2 is 2.03 bits per heavy atom. The van der Waals surface area contributed by atoms with Gasteiger partial charge in [0.1, 0.15) is 10.8 Å². The van der Waals surface area contributed by atoms with Crippen molar-refractivity contribution in [2.45, 2.75) is 34.1 Å². The van der Waals surface area contributed by atoms with Crippen LogP contribution in [-0.2, 0) is 9.53 Å². The van der Waals surface area contributed by atoms with Gasteiger partial charge in [0.2, 0.25) is 5.91 Å². The van der Waals surface area contributed by atoms with E-state index in [1.54, 1.807) is 12.3 Å². The number of carbonyl (C=O) groups excluding carboxylic acids is 2. The quantitative estimate of drug-likeness (QED) is 0.613. The van der Waals surface area contributed by atoms with Crippen molar-refractivity contribution in [2.75, 3.05) is 11.9 Å². The highest BCUT2D eigenvalue weighted by atomic mass is 32.1. The minimum atomic E-state index is -0.710. The first-order chi connectivity index (χ1) is 14.1. The maximum atomic E-state index is 13.7. The summed E-state index contributed by atoms with van der Waals surface area (Å²) < 4.78 is 19.8. The number of hydrogen-bond donors (Lipinski definition) is 1. The predicted octanol–water partition coefficient (Wildman–Crippen LogP) is 4.14. The van der Waals surface area contributed by atoms with E-state index >= 15 is 0 Å². The number of thiophene rings is 1. The van der Waals surface area contributed by atoms with E-state index in [1.807, 2.05) is 20.8 Å². The molecule has 30 heavy (non-hydrogen) atoms. The van der Waals surface area contributed by atoms with Crippen molar-refractivity contribution in [2.24, 2.45) is 5.41 Å². The second-order valence-electron chi connectivity index (χ2n) is 7.91. The van der Waals surface area contributed by atoms with Gasteiger partial charge in [-0.15, -0.1) is 11.3 Å². The fraction of sp³-hybridized carbons (Fsp3) is 0.333. The van der Waals surface area contributed by atoms with Crippen LogP contribution < -0.4 is 10.9 Å². The van der Waals surface area contributed by atoms with Crippen LogP contribution in [-0.4, -0.2) is 28.3 Å². The number of rotatable bonds is 5. The Kier molecular flexibility index (Phi) is 6.02. The van der Waals surface area contributed by atoms with Gasteiger partial charge in [0.25, 0.3) is 5.56 Å². The van der Waals surface area contributed by atoms with Crippen molar-refractivity contribution in [3.63, 3.8) is 0 Å². The zero-order valence-corrected chi connectivity index (χ0v) is 17.9. The normalized spacial score (nSPS) is 11.5. The van der Waals surface area contributed by atoms with Crippen LogP contribution in [0.3, 0.4) is 0 Å². The smallest absolute Gasteiger partial charge is 0.359 e. The van der Waals surface area contributed by atoms with Gasteiger partial charge in [0.05, 0.1) is 17.7 Å². The molecule has 0 fully saturated rings. The minimum absolute atomic E-state index is 0.0803. The van der Waals surface area contributed by atoms with Crippen LogP contribution in [0.15, 0.2) is 34.4 Å². The number of esters is 1. The largest absolute Gasteiger partial charge is 0.461 e. The third-order valence-corrected chi connectivity index (χ3v) is 5.01. The highest BCUT2D eigenvalue weighted by molar-refractivity contribution is 7.16. The van der Waals surface area contributed by atoms with Gasteiger partial charge in [-0.05, 0) is 30.5 Å². The summed E-state index contributed by atoms with van der Waals surface area (Å²) in [6.45, 7) is 7.57. The highest BCUT2D eigenvalue weighted by Gasteiger charge is 2.24. The number of nitrogens with one attached hydrogen (secondary N) is 1. The Bertz CT molecular complexity index is 1180. The van der Waals surface area contributed by atoms with Gasteiger partial charge in [0, 0.05) is 17.2 Å². The van der Waals surface area contributed by atoms with Crippen LogP contribution in [0.2, 0.25) is 0 Å². The number of aromatic nitrogens is 2. The van der Waals surface area contributed by atoms with Crippen molar-refractivity contribution in [3.8, 4) is 5.69 Å². The monoisotopic (exact) mass is 431 g/mol. The van der Waals surface area contributed by atoms with Crippen LogP contribution >= 0.6 is 11.3 Å². The molecule has 0 aliphatic carbocycles. The average Bonchev–Trinajstić information content (AvgIpc) is 3.04. The van der Waals surface area contributed by atoms with Crippen molar-refractivity contribution < 1.29 is 18.7 Å². The molecular formula is C21H22FN3O4S. The van der Waals surface area contributed by atoms with Crippen molar-refractivity contribution in [1.82, 2.24) is 9.78 Å². The molecule has 1 amide bonds. The number of carbonyl (C=O) groups is 2. The van der Waals surface area contributed by atoms with E-state index < -0.39 is 17.3 Å². The SMILES string of the molecule is CCOC(=O)c1nn(-c2cccc(F)c2)c(=O)c2c(NC(=O)CC(C)(C)C)scc12. The topological polar surface area (TPSA) is 90.3 Å². The molecule has 3 rings (SSSR count). The van der Waals surface area contributed by atoms with Gasteiger partial charge >= 0.3 is 5.97 Å². The summed E-state index contributed by atoms with van der Waals surface area (Å²) in [7, 11) is 0. The summed E-state index contributed by atoms with van der Waals surface area (Å²) in [5.74, 6) is -1.52. The number of anilines is 1. The summed E-state index contributed by atoms with van der Waals surface area (Å²) in [5, 5.41) is 9.20. The van der Waals surface area contributed by atoms with E-state index in [-0.39, 0.29) is 46.5 Å². The summed E-state index contributed by atoms with van der Waals surface area (Å²) in [4.78, 5) is 38.1. The number of amides is 1. The number of hydrogen-bond acceptors (Lipinski definition) is 6. The van der Waals surface area contributed by atoms with E-state index in [1.165, 1.54) is 18.2 Å². The Hall–Kier alpha value is -3.07. The first kappa shape index (κ1) is 21.6. The van der Waals surface area contributed by atoms with Gasteiger partial charge in [-0.1, -0.05) is 26.8 Å². The molecule has 2 heterocycles. The maximum Gasteiger partial charge on any atom is 0.359 e. The molecule has 0 aliphatic rings. The minimum Gasteiger partial charge on any atom is -0.461 e. The van der Waals surface area contributed by atoms with Gasteiger partial charge < -0.3 is 10.1 Å². The van der Waals surface area contributed by atoms with Crippen LogP contribution in [0.4, 0.5) is 9.39 Å². The van der Waals surface area contributed by atoms with E-state index in [0.717, 1.165) is 22.1 Å². The van der Waals surface area contributed by atoms with Crippen molar-refractivity contribution in [1.29, 1.82) is 0 Å². The lowest BCUT2D eigenvalue weighted by Gasteiger charge is -2.17. The van der Waals surface area contributed by atoms with Crippen molar-refractivity contribution in [3.05, 3.63) is 51.5 Å². The molecule has 0 aliphatic heterocycles. The molecule has 7 nitrogen and oxygen atoms in total. The highest BCUT2D eigenvalue weighted by Crippen LogP contribution is 2.31. The molecule has 1 aromatic carbocycles. The predicted molar refractivity (Wildman–Crippen MR) is 114 cm³/mol. The van der Waals surface area contributed by atoms with Gasteiger partial charge in [-0.3, -0.25) is 9.59 Å². The molecule has 0 spiro atoms. The standard InChI is InChI=1S/C21H22FN3O4S/c1-5-29-20(28)17-14-11-30-18(23-15(26)10-21(2,3)4)16(14)19(27)25(24-17)13-8-6-7-12(22)9-13/h6-9,11H,5,10H2,1-4H3,(H,23,26). The molecule has 0 saturated carbocycles. The van der Waals surface area contributed by atoms with E-state index in [4.69, 9.17) is 4.74 Å². The first-order valence-corrected chi connectivity index (χ1v) is 10.3. The Morgan fingerprint density at radius 3 is 2.67 bits per heavy atom. The number of ether oxygens (including phenoxy) is 1. The molecule has 0 saturated heterocycles. The molecule has 158 valence electrons. The number of fused-ring (bicyclic) bond motifs is 1. The molecule has 0 unspecified atom stereocenters. The Morgan fingerprint density at radius 1 is 1.30 bits per heavy atom. The molecular weight excluding hydrogens is 409 g/mol. The first-order valence-electron chi connectivity index (χ1n) is 9.38. The molecule has 9 heteroatoms. The zero-order chi connectivity index (χ0) is 22.1. The second-order valence-corrected chi connectivity index (χ2v) is 8.78. The van der Waals surface area contributed by atoms with Gasteiger partial charge in [-0.2, -0.15) is 9.78 Å². The third kappa shape index (κ3) is 4.56. The Balaban J connectivity index is 2.20. The van der Waals surface area contributed by atoms with E-state index in [9.17, 15) is 18.8 Å². The van der Waals surface area contributed by atoms with E-state index in [0.29, 0.717) is 5.00 Å². The molecule has 3 aromatic rings. The summed E-state index contributed by atoms with van der Waals surface area (Å²) in [6, 6.07) is 5.32. The lowest BCUT2D eigenvalue weighted by atomic mass is 9.92. The summed E-state index contributed by atoms with van der Waals surface area (Å²) >= 11 is 1.12. The van der Waals surface area contributed by atoms with E-state index in [2.05, 4.69) is 10.4 Å². The average molecular weight is 431 g/mol. The number of halogens is 1. The second kappa shape index (κ2) is 8.35. The number of benzene rings is 1. The lowest BCUT2D eigenvalue weighted by Crippen LogP contribution is -2.26. The van der Waals surface area contributed by atoms with Gasteiger partial charge in [-0.25, -0.2) is 9.18 Å². The fourth-order valence-corrected chi connectivity index (χ4v) is 3.88. The molecule has 1 N–H and O–H groups in total. The number of nitrogens with zero attached hydrogens (tertiary/aromatic N) is 2. The lowest BCUT2D eigenvalue weighted by molar-refractivity contribution is -0.117.